The zero-order valence-corrected chi connectivity index (χ0v) is 15.2. The van der Waals surface area contributed by atoms with Crippen molar-refractivity contribution in [3.63, 3.8) is 0 Å². The Morgan fingerprint density at radius 2 is 2.00 bits per heavy atom. The van der Waals surface area contributed by atoms with Gasteiger partial charge in [0.1, 0.15) is 12.4 Å². The Morgan fingerprint density at radius 3 is 2.76 bits per heavy atom. The zero-order chi connectivity index (χ0) is 18.1. The molecule has 0 aliphatic carbocycles. The predicted molar refractivity (Wildman–Crippen MR) is 101 cm³/mol. The zero-order valence-electron chi connectivity index (χ0n) is 14.5. The fourth-order valence-corrected chi connectivity index (χ4v) is 2.44. The molecule has 0 fully saturated rings. The van der Waals surface area contributed by atoms with E-state index in [1.807, 2.05) is 24.3 Å². The number of rotatable bonds is 9. The first-order valence-corrected chi connectivity index (χ1v) is 8.54. The van der Waals surface area contributed by atoms with Gasteiger partial charge in [0, 0.05) is 24.4 Å². The molecule has 0 bridgehead atoms. The molecule has 2 N–H and O–H groups in total. The van der Waals surface area contributed by atoms with Crippen LogP contribution in [0.25, 0.3) is 0 Å². The number of ether oxygens (including phenoxy) is 2. The molecule has 0 spiro atoms. The molecule has 134 valence electrons. The first kappa shape index (κ1) is 19.2. The molecular weight excluding hydrogens is 340 g/mol. The third-order valence-corrected chi connectivity index (χ3v) is 3.73. The highest BCUT2D eigenvalue weighted by atomic mass is 35.5. The fourth-order valence-electron chi connectivity index (χ4n) is 2.27. The van der Waals surface area contributed by atoms with Crippen molar-refractivity contribution in [3.05, 3.63) is 58.6 Å². The summed E-state index contributed by atoms with van der Waals surface area (Å²) in [6, 6.07) is 12.7. The van der Waals surface area contributed by atoms with Crippen LogP contribution >= 0.6 is 11.6 Å². The molecule has 0 radical (unpaired) electrons. The molecule has 2 aromatic carbocycles. The molecule has 0 aliphatic rings. The Labute approximate surface area is 153 Å². The highest BCUT2D eigenvalue weighted by molar-refractivity contribution is 6.31. The van der Waals surface area contributed by atoms with Crippen molar-refractivity contribution in [2.24, 2.45) is 0 Å². The lowest BCUT2D eigenvalue weighted by Gasteiger charge is -2.13. The van der Waals surface area contributed by atoms with E-state index in [4.69, 9.17) is 21.1 Å². The van der Waals surface area contributed by atoms with Crippen molar-refractivity contribution in [2.75, 3.05) is 32.2 Å². The van der Waals surface area contributed by atoms with Crippen molar-refractivity contribution in [1.29, 1.82) is 0 Å². The Hall–Kier alpha value is -2.08. The van der Waals surface area contributed by atoms with E-state index in [0.717, 1.165) is 24.3 Å². The quantitative estimate of drug-likeness (QED) is 0.667. The van der Waals surface area contributed by atoms with Crippen molar-refractivity contribution in [2.45, 2.75) is 13.5 Å². The second-order valence-electron chi connectivity index (χ2n) is 5.42. The molecule has 2 aromatic rings. The number of methoxy groups -OCH3 is 1. The van der Waals surface area contributed by atoms with Crippen molar-refractivity contribution >= 4 is 23.2 Å². The van der Waals surface area contributed by atoms with Gasteiger partial charge < -0.3 is 20.1 Å². The maximum Gasteiger partial charge on any atom is 0.259 e. The molecule has 0 heterocycles. The largest absolute Gasteiger partial charge is 0.490 e. The van der Waals surface area contributed by atoms with Gasteiger partial charge in [0.2, 0.25) is 0 Å². The summed E-state index contributed by atoms with van der Waals surface area (Å²) in [5, 5.41) is 6.63. The van der Waals surface area contributed by atoms with Crippen LogP contribution in [0, 0.1) is 0 Å². The summed E-state index contributed by atoms with van der Waals surface area (Å²) in [6.45, 7) is 4.49. The molecule has 0 unspecified atom stereocenters. The van der Waals surface area contributed by atoms with Crippen LogP contribution in [0.4, 0.5) is 5.69 Å². The number of carbonyl (C=O) groups excluding carboxylic acids is 1. The van der Waals surface area contributed by atoms with Gasteiger partial charge in [0.25, 0.3) is 5.91 Å². The maximum atomic E-state index is 12.6. The molecule has 0 aromatic heterocycles. The smallest absolute Gasteiger partial charge is 0.259 e. The minimum atomic E-state index is -0.268. The highest BCUT2D eigenvalue weighted by Crippen LogP contribution is 2.24. The number of carbonyl (C=O) groups is 1. The Bertz CT molecular complexity index is 707. The average Bonchev–Trinajstić information content (AvgIpc) is 2.61. The van der Waals surface area contributed by atoms with E-state index in [2.05, 4.69) is 17.6 Å². The van der Waals surface area contributed by atoms with Gasteiger partial charge in [0.15, 0.2) is 0 Å². The highest BCUT2D eigenvalue weighted by Gasteiger charge is 2.14. The number of halogens is 1. The van der Waals surface area contributed by atoms with Crippen LogP contribution in [0.5, 0.6) is 5.75 Å². The summed E-state index contributed by atoms with van der Waals surface area (Å²) in [7, 11) is 1.60. The molecular formula is C19H23ClN2O3. The van der Waals surface area contributed by atoms with Crippen LogP contribution in [-0.4, -0.2) is 32.8 Å². The number of benzene rings is 2. The van der Waals surface area contributed by atoms with Crippen molar-refractivity contribution in [3.8, 4) is 5.75 Å². The Morgan fingerprint density at radius 1 is 1.16 bits per heavy atom. The fraction of sp³-hybridized carbons (Fsp3) is 0.316. The number of hydrogen-bond donors (Lipinski definition) is 2. The van der Waals surface area contributed by atoms with Gasteiger partial charge in [0.05, 0.1) is 12.2 Å². The van der Waals surface area contributed by atoms with Gasteiger partial charge in [-0.25, -0.2) is 0 Å². The third-order valence-electron chi connectivity index (χ3n) is 3.50. The molecule has 5 nitrogen and oxygen atoms in total. The second kappa shape index (κ2) is 10.0. The Balaban J connectivity index is 2.13. The summed E-state index contributed by atoms with van der Waals surface area (Å²) in [5.41, 5.74) is 2.21. The topological polar surface area (TPSA) is 59.6 Å². The molecule has 1 amide bonds. The van der Waals surface area contributed by atoms with Gasteiger partial charge in [-0.15, -0.1) is 0 Å². The van der Waals surface area contributed by atoms with Crippen LogP contribution in [-0.2, 0) is 11.3 Å². The molecule has 2 rings (SSSR count). The summed E-state index contributed by atoms with van der Waals surface area (Å²) >= 11 is 6.04. The first-order valence-electron chi connectivity index (χ1n) is 8.16. The molecule has 0 saturated carbocycles. The van der Waals surface area contributed by atoms with E-state index < -0.39 is 0 Å². The SMILES string of the molecule is CCNCc1cccc(NC(=O)c2cc(Cl)ccc2OCCOC)c1. The second-order valence-corrected chi connectivity index (χ2v) is 5.85. The van der Waals surface area contributed by atoms with E-state index in [0.29, 0.717) is 29.5 Å². The van der Waals surface area contributed by atoms with Crippen LogP contribution in [0.15, 0.2) is 42.5 Å². The van der Waals surface area contributed by atoms with E-state index in [-0.39, 0.29) is 5.91 Å². The molecule has 0 saturated heterocycles. The minimum absolute atomic E-state index is 0.268. The summed E-state index contributed by atoms with van der Waals surface area (Å²) in [5.74, 6) is 0.207. The van der Waals surface area contributed by atoms with Crippen molar-refractivity contribution < 1.29 is 14.3 Å². The molecule has 0 aliphatic heterocycles. The number of amides is 1. The Kier molecular flexibility index (Phi) is 7.73. The molecule has 0 atom stereocenters. The average molecular weight is 363 g/mol. The van der Waals surface area contributed by atoms with E-state index in [1.165, 1.54) is 0 Å². The summed E-state index contributed by atoms with van der Waals surface area (Å²) in [4.78, 5) is 12.6. The first-order chi connectivity index (χ1) is 12.1. The lowest BCUT2D eigenvalue weighted by atomic mass is 10.1. The third kappa shape index (κ3) is 6.05. The number of anilines is 1. The van der Waals surface area contributed by atoms with Crippen LogP contribution in [0.1, 0.15) is 22.8 Å². The molecule has 6 heteroatoms. The van der Waals surface area contributed by atoms with Gasteiger partial charge in [-0.3, -0.25) is 4.79 Å². The maximum absolute atomic E-state index is 12.6. The summed E-state index contributed by atoms with van der Waals surface area (Å²) in [6.07, 6.45) is 0. The van der Waals surface area contributed by atoms with E-state index in [9.17, 15) is 4.79 Å². The van der Waals surface area contributed by atoms with Gasteiger partial charge >= 0.3 is 0 Å². The predicted octanol–water partition coefficient (Wildman–Crippen LogP) is 3.73. The lowest BCUT2D eigenvalue weighted by Crippen LogP contribution is -2.16. The van der Waals surface area contributed by atoms with E-state index >= 15 is 0 Å². The van der Waals surface area contributed by atoms with Gasteiger partial charge in [-0.05, 0) is 42.4 Å². The normalized spacial score (nSPS) is 10.5. The van der Waals surface area contributed by atoms with Crippen LogP contribution in [0.3, 0.4) is 0 Å². The van der Waals surface area contributed by atoms with Crippen LogP contribution < -0.4 is 15.4 Å². The number of nitrogens with one attached hydrogen (secondary N) is 2. The van der Waals surface area contributed by atoms with Crippen LogP contribution in [0.2, 0.25) is 5.02 Å². The summed E-state index contributed by atoms with van der Waals surface area (Å²) < 4.78 is 10.6. The van der Waals surface area contributed by atoms with E-state index in [1.54, 1.807) is 25.3 Å². The minimum Gasteiger partial charge on any atom is -0.490 e. The number of hydrogen-bond acceptors (Lipinski definition) is 4. The monoisotopic (exact) mass is 362 g/mol. The van der Waals surface area contributed by atoms with Crippen molar-refractivity contribution in [1.82, 2.24) is 5.32 Å². The standard InChI is InChI=1S/C19H23ClN2O3/c1-3-21-13-14-5-4-6-16(11-14)22-19(23)17-12-15(20)7-8-18(17)25-10-9-24-2/h4-8,11-12,21H,3,9-10,13H2,1-2H3,(H,22,23). The van der Waals surface area contributed by atoms with Gasteiger partial charge in [-0.1, -0.05) is 30.7 Å². The lowest BCUT2D eigenvalue weighted by molar-refractivity contribution is 0.101. The molecule has 25 heavy (non-hydrogen) atoms. The van der Waals surface area contributed by atoms with Gasteiger partial charge in [-0.2, -0.15) is 0 Å².